The maximum atomic E-state index is 5.60. The Bertz CT molecular complexity index is 582. The van der Waals surface area contributed by atoms with Gasteiger partial charge in [0.2, 0.25) is 0 Å². The molecule has 19 heavy (non-hydrogen) atoms. The van der Waals surface area contributed by atoms with Crippen LogP contribution in [0, 0.1) is 0 Å². The molecule has 0 bridgehead atoms. The fourth-order valence-electron chi connectivity index (χ4n) is 2.35. The largest absolute Gasteiger partial charge is 0.308 e. The van der Waals surface area contributed by atoms with Crippen molar-refractivity contribution in [3.8, 4) is 0 Å². The summed E-state index contributed by atoms with van der Waals surface area (Å²) in [6.45, 7) is 8.72. The highest BCUT2D eigenvalue weighted by Gasteiger charge is 2.19. The predicted octanol–water partition coefficient (Wildman–Crippen LogP) is 3.77. The van der Waals surface area contributed by atoms with Gasteiger partial charge in [-0.15, -0.1) is 0 Å². The van der Waals surface area contributed by atoms with Crippen molar-refractivity contribution in [1.82, 2.24) is 4.98 Å². The molecule has 0 aliphatic rings. The van der Waals surface area contributed by atoms with Crippen LogP contribution in [0.3, 0.4) is 0 Å². The van der Waals surface area contributed by atoms with E-state index in [-0.39, 0.29) is 5.41 Å². The van der Waals surface area contributed by atoms with Crippen LogP contribution in [0.15, 0.2) is 24.3 Å². The second-order valence-corrected chi connectivity index (χ2v) is 6.06. The lowest BCUT2D eigenvalue weighted by atomic mass is 9.86. The quantitative estimate of drug-likeness (QED) is 0.650. The molecular formula is C16H23N3. The van der Waals surface area contributed by atoms with E-state index < -0.39 is 0 Å². The van der Waals surface area contributed by atoms with Crippen LogP contribution in [0.1, 0.15) is 45.2 Å². The number of aryl methyl sites for hydroxylation is 1. The van der Waals surface area contributed by atoms with Crippen molar-refractivity contribution in [3.63, 3.8) is 0 Å². The molecule has 0 aliphatic heterocycles. The van der Waals surface area contributed by atoms with E-state index in [4.69, 9.17) is 5.84 Å². The number of hydrogen-bond donors (Lipinski definition) is 2. The minimum absolute atomic E-state index is 0.0175. The molecule has 0 saturated carbocycles. The summed E-state index contributed by atoms with van der Waals surface area (Å²) in [7, 11) is 0. The summed E-state index contributed by atoms with van der Waals surface area (Å²) >= 11 is 0. The maximum Gasteiger partial charge on any atom is 0.144 e. The average molecular weight is 257 g/mol. The number of pyridine rings is 1. The van der Waals surface area contributed by atoms with Crippen molar-refractivity contribution >= 4 is 16.7 Å². The van der Waals surface area contributed by atoms with Gasteiger partial charge in [-0.25, -0.2) is 10.8 Å². The van der Waals surface area contributed by atoms with E-state index in [2.05, 4.69) is 62.4 Å². The number of hydrogen-bond acceptors (Lipinski definition) is 3. The Morgan fingerprint density at radius 3 is 2.53 bits per heavy atom. The molecule has 3 heteroatoms. The summed E-state index contributed by atoms with van der Waals surface area (Å²) in [6.07, 6.45) is 2.27. The molecule has 0 saturated heterocycles. The third-order valence-corrected chi connectivity index (χ3v) is 3.36. The summed E-state index contributed by atoms with van der Waals surface area (Å²) in [4.78, 5) is 4.63. The molecule has 0 radical (unpaired) electrons. The Kier molecular flexibility index (Phi) is 3.76. The summed E-state index contributed by atoms with van der Waals surface area (Å²) in [6, 6.07) is 8.67. The van der Waals surface area contributed by atoms with E-state index in [9.17, 15) is 0 Å². The van der Waals surface area contributed by atoms with Gasteiger partial charge >= 0.3 is 0 Å². The Morgan fingerprint density at radius 1 is 1.21 bits per heavy atom. The molecule has 1 aromatic carbocycles. The number of nitrogen functional groups attached to an aromatic ring is 1. The minimum Gasteiger partial charge on any atom is -0.308 e. The number of anilines is 1. The number of aromatic nitrogens is 1. The van der Waals surface area contributed by atoms with Gasteiger partial charge in [0, 0.05) is 10.9 Å². The van der Waals surface area contributed by atoms with Gasteiger partial charge in [-0.05, 0) is 35.6 Å². The zero-order chi connectivity index (χ0) is 14.0. The van der Waals surface area contributed by atoms with Gasteiger partial charge in [0.05, 0.1) is 5.52 Å². The average Bonchev–Trinajstić information content (AvgIpc) is 2.36. The maximum absolute atomic E-state index is 5.60. The van der Waals surface area contributed by atoms with Gasteiger partial charge in [-0.1, -0.05) is 40.2 Å². The van der Waals surface area contributed by atoms with Crippen LogP contribution in [-0.2, 0) is 11.8 Å². The molecule has 0 aliphatic carbocycles. The molecule has 0 unspecified atom stereocenters. The number of rotatable bonds is 3. The third-order valence-electron chi connectivity index (χ3n) is 3.36. The van der Waals surface area contributed by atoms with Crippen molar-refractivity contribution in [2.75, 3.05) is 5.43 Å². The molecular weight excluding hydrogens is 234 g/mol. The molecule has 3 nitrogen and oxygen atoms in total. The van der Waals surface area contributed by atoms with Gasteiger partial charge < -0.3 is 5.43 Å². The number of nitrogens with one attached hydrogen (secondary N) is 1. The van der Waals surface area contributed by atoms with E-state index in [1.54, 1.807) is 0 Å². The summed E-state index contributed by atoms with van der Waals surface area (Å²) in [5, 5.41) is 1.19. The lowest BCUT2D eigenvalue weighted by molar-refractivity contribution is 0.590. The van der Waals surface area contributed by atoms with Crippen molar-refractivity contribution in [1.29, 1.82) is 0 Å². The highest BCUT2D eigenvalue weighted by atomic mass is 15.2. The predicted molar refractivity (Wildman–Crippen MR) is 82.2 cm³/mol. The first-order valence-electron chi connectivity index (χ1n) is 6.86. The van der Waals surface area contributed by atoms with E-state index in [0.717, 1.165) is 29.7 Å². The number of nitrogens with two attached hydrogens (primary N) is 1. The molecule has 2 aromatic rings. The normalized spacial score (nSPS) is 11.8. The van der Waals surface area contributed by atoms with Gasteiger partial charge in [0.25, 0.3) is 0 Å². The molecule has 0 atom stereocenters. The zero-order valence-electron chi connectivity index (χ0n) is 12.2. The molecule has 0 fully saturated rings. The topological polar surface area (TPSA) is 50.9 Å². The molecule has 3 N–H and O–H groups in total. The van der Waals surface area contributed by atoms with E-state index in [0.29, 0.717) is 0 Å². The highest BCUT2D eigenvalue weighted by Crippen LogP contribution is 2.31. The van der Waals surface area contributed by atoms with Gasteiger partial charge in [-0.3, -0.25) is 0 Å². The first-order chi connectivity index (χ1) is 8.95. The second kappa shape index (κ2) is 5.17. The second-order valence-electron chi connectivity index (χ2n) is 6.06. The number of nitrogens with zero attached hydrogens (tertiary/aromatic N) is 1. The first-order valence-corrected chi connectivity index (χ1v) is 6.86. The van der Waals surface area contributed by atoms with Gasteiger partial charge in [-0.2, -0.15) is 0 Å². The fraction of sp³-hybridized carbons (Fsp3) is 0.438. The van der Waals surface area contributed by atoms with Crippen LogP contribution >= 0.6 is 0 Å². The van der Waals surface area contributed by atoms with Crippen LogP contribution in [-0.4, -0.2) is 4.98 Å². The van der Waals surface area contributed by atoms with E-state index in [1.807, 2.05) is 0 Å². The Morgan fingerprint density at radius 2 is 1.95 bits per heavy atom. The van der Waals surface area contributed by atoms with E-state index >= 15 is 0 Å². The fourth-order valence-corrected chi connectivity index (χ4v) is 2.35. The van der Waals surface area contributed by atoms with Gasteiger partial charge in [0.1, 0.15) is 5.82 Å². The molecule has 0 amide bonds. The number of hydrazine groups is 1. The van der Waals surface area contributed by atoms with Crippen LogP contribution in [0.25, 0.3) is 10.9 Å². The lowest BCUT2D eigenvalue weighted by Gasteiger charge is -2.22. The summed E-state index contributed by atoms with van der Waals surface area (Å²) in [5.41, 5.74) is 6.24. The van der Waals surface area contributed by atoms with Crippen molar-refractivity contribution < 1.29 is 0 Å². The Balaban J connectivity index is 2.62. The zero-order valence-corrected chi connectivity index (χ0v) is 12.2. The summed E-state index contributed by atoms with van der Waals surface area (Å²) in [5.74, 6) is 6.37. The van der Waals surface area contributed by atoms with Crippen LogP contribution < -0.4 is 11.3 Å². The Labute approximate surface area is 115 Å². The van der Waals surface area contributed by atoms with Crippen LogP contribution in [0.2, 0.25) is 0 Å². The number of fused-ring (bicyclic) bond motifs is 1. The Hall–Kier alpha value is -1.61. The SMILES string of the molecule is CCCc1ccc2nc(NN)c(C(C)(C)C)cc2c1. The smallest absolute Gasteiger partial charge is 0.144 e. The van der Waals surface area contributed by atoms with Crippen LogP contribution in [0.4, 0.5) is 5.82 Å². The monoisotopic (exact) mass is 257 g/mol. The molecule has 102 valence electrons. The molecule has 1 aromatic heterocycles. The highest BCUT2D eigenvalue weighted by molar-refractivity contribution is 5.82. The van der Waals surface area contributed by atoms with Crippen molar-refractivity contribution in [2.45, 2.75) is 46.0 Å². The lowest BCUT2D eigenvalue weighted by Crippen LogP contribution is -2.19. The molecule has 1 heterocycles. The third kappa shape index (κ3) is 2.87. The number of benzene rings is 1. The van der Waals surface area contributed by atoms with E-state index in [1.165, 1.54) is 10.9 Å². The van der Waals surface area contributed by atoms with Gasteiger partial charge in [0.15, 0.2) is 0 Å². The summed E-state index contributed by atoms with van der Waals surface area (Å²) < 4.78 is 0. The minimum atomic E-state index is 0.0175. The standard InChI is InChI=1S/C16H23N3/c1-5-6-11-7-8-14-12(9-11)10-13(16(2,3)4)15(18-14)19-17/h7-10H,5-6,17H2,1-4H3,(H,18,19). The molecule has 2 rings (SSSR count). The first kappa shape index (κ1) is 13.8. The van der Waals surface area contributed by atoms with Crippen molar-refractivity contribution in [2.24, 2.45) is 5.84 Å². The van der Waals surface area contributed by atoms with Crippen LogP contribution in [0.5, 0.6) is 0 Å². The van der Waals surface area contributed by atoms with Crippen molar-refractivity contribution in [3.05, 3.63) is 35.4 Å². The molecule has 0 spiro atoms.